The molecular formula is C15H26N4O. The molecule has 0 aromatic heterocycles. The van der Waals surface area contributed by atoms with Crippen LogP contribution in [0.4, 0.5) is 11.4 Å². The zero-order chi connectivity index (χ0) is 15.1. The number of primary amides is 1. The highest BCUT2D eigenvalue weighted by Gasteiger charge is 2.05. The van der Waals surface area contributed by atoms with E-state index in [4.69, 9.17) is 11.5 Å². The van der Waals surface area contributed by atoms with Crippen molar-refractivity contribution in [2.24, 2.45) is 5.73 Å². The molecule has 5 heteroatoms. The summed E-state index contributed by atoms with van der Waals surface area (Å²) in [6.45, 7) is 6.35. The second kappa shape index (κ2) is 7.75. The van der Waals surface area contributed by atoms with Crippen LogP contribution in [-0.4, -0.2) is 37.0 Å². The summed E-state index contributed by atoms with van der Waals surface area (Å²) in [5.41, 5.74) is 12.9. The van der Waals surface area contributed by atoms with Crippen molar-refractivity contribution in [1.29, 1.82) is 0 Å². The van der Waals surface area contributed by atoms with E-state index in [-0.39, 0.29) is 0 Å². The number of nitrogens with one attached hydrogen (secondary N) is 1. The summed E-state index contributed by atoms with van der Waals surface area (Å²) in [5, 5.41) is 3.29. The molecule has 1 amide bonds. The number of amides is 1. The Morgan fingerprint density at radius 3 is 2.60 bits per heavy atom. The lowest BCUT2D eigenvalue weighted by molar-refractivity contribution is 0.100. The van der Waals surface area contributed by atoms with Crippen LogP contribution in [-0.2, 0) is 0 Å². The fraction of sp³-hybridized carbons (Fsp3) is 0.533. The monoisotopic (exact) mass is 278 g/mol. The Kier molecular flexibility index (Phi) is 6.31. The molecule has 0 aliphatic rings. The Labute approximate surface area is 121 Å². The van der Waals surface area contributed by atoms with Gasteiger partial charge in [0.1, 0.15) is 0 Å². The number of carbonyl (C=O) groups excluding carboxylic acids is 1. The molecule has 20 heavy (non-hydrogen) atoms. The van der Waals surface area contributed by atoms with Crippen LogP contribution in [0.2, 0.25) is 0 Å². The number of nitrogens with zero attached hydrogens (tertiary/aromatic N) is 1. The summed E-state index contributed by atoms with van der Waals surface area (Å²) in [6, 6.07) is 5.68. The molecule has 0 saturated heterocycles. The largest absolute Gasteiger partial charge is 0.397 e. The quantitative estimate of drug-likeness (QED) is 0.501. The van der Waals surface area contributed by atoms with Gasteiger partial charge in [-0.3, -0.25) is 4.79 Å². The van der Waals surface area contributed by atoms with Gasteiger partial charge in [0.25, 0.3) is 0 Å². The third-order valence-electron chi connectivity index (χ3n) is 3.47. The summed E-state index contributed by atoms with van der Waals surface area (Å²) >= 11 is 0. The van der Waals surface area contributed by atoms with Crippen molar-refractivity contribution in [2.45, 2.75) is 32.7 Å². The van der Waals surface area contributed by atoms with E-state index in [1.54, 1.807) is 18.2 Å². The molecule has 0 atom stereocenters. The number of benzene rings is 1. The molecule has 5 N–H and O–H groups in total. The van der Waals surface area contributed by atoms with Gasteiger partial charge in [0.05, 0.1) is 11.4 Å². The molecule has 112 valence electrons. The predicted octanol–water partition coefficient (Wildman–Crippen LogP) is 1.90. The summed E-state index contributed by atoms with van der Waals surface area (Å²) in [6.07, 6.45) is 2.22. The molecule has 0 fully saturated rings. The molecule has 5 nitrogen and oxygen atoms in total. The number of carbonyl (C=O) groups is 1. The van der Waals surface area contributed by atoms with E-state index in [9.17, 15) is 4.79 Å². The molecule has 1 aromatic carbocycles. The molecule has 0 heterocycles. The minimum atomic E-state index is -0.458. The molecule has 1 rings (SSSR count). The molecule has 0 unspecified atom stereocenters. The first-order chi connectivity index (χ1) is 9.41. The Morgan fingerprint density at radius 1 is 1.35 bits per heavy atom. The highest BCUT2D eigenvalue weighted by molar-refractivity contribution is 5.94. The smallest absolute Gasteiger partial charge is 0.248 e. The van der Waals surface area contributed by atoms with E-state index in [1.165, 1.54) is 0 Å². The average Bonchev–Trinajstić information content (AvgIpc) is 2.39. The van der Waals surface area contributed by atoms with Gasteiger partial charge in [-0.25, -0.2) is 0 Å². The van der Waals surface area contributed by atoms with Gasteiger partial charge in [-0.2, -0.15) is 0 Å². The van der Waals surface area contributed by atoms with Crippen LogP contribution in [0.5, 0.6) is 0 Å². The van der Waals surface area contributed by atoms with Crippen molar-refractivity contribution in [2.75, 3.05) is 31.2 Å². The number of unbranched alkanes of at least 4 members (excludes halogenated alkanes) is 1. The van der Waals surface area contributed by atoms with E-state index in [1.807, 2.05) is 0 Å². The van der Waals surface area contributed by atoms with Gasteiger partial charge in [-0.15, -0.1) is 0 Å². The number of hydrogen-bond acceptors (Lipinski definition) is 4. The summed E-state index contributed by atoms with van der Waals surface area (Å²) in [5.74, 6) is -0.458. The fourth-order valence-electron chi connectivity index (χ4n) is 1.84. The van der Waals surface area contributed by atoms with Crippen molar-refractivity contribution in [3.63, 3.8) is 0 Å². The summed E-state index contributed by atoms with van der Waals surface area (Å²) in [4.78, 5) is 13.4. The van der Waals surface area contributed by atoms with Gasteiger partial charge in [0.2, 0.25) is 5.91 Å². The Balaban J connectivity index is 2.34. The van der Waals surface area contributed by atoms with Crippen LogP contribution >= 0.6 is 0 Å². The lowest BCUT2D eigenvalue weighted by Gasteiger charge is -2.20. The van der Waals surface area contributed by atoms with E-state index < -0.39 is 5.91 Å². The first-order valence-corrected chi connectivity index (χ1v) is 7.05. The van der Waals surface area contributed by atoms with Crippen molar-refractivity contribution in [3.8, 4) is 0 Å². The van der Waals surface area contributed by atoms with Crippen LogP contribution in [0, 0.1) is 0 Å². The number of rotatable bonds is 8. The molecule has 1 aromatic rings. The van der Waals surface area contributed by atoms with Gasteiger partial charge in [0, 0.05) is 18.2 Å². The lowest BCUT2D eigenvalue weighted by Crippen LogP contribution is -2.27. The van der Waals surface area contributed by atoms with Crippen molar-refractivity contribution in [3.05, 3.63) is 23.8 Å². The summed E-state index contributed by atoms with van der Waals surface area (Å²) in [7, 11) is 2.14. The zero-order valence-electron chi connectivity index (χ0n) is 12.6. The lowest BCUT2D eigenvalue weighted by atomic mass is 10.1. The Bertz CT molecular complexity index is 445. The maximum absolute atomic E-state index is 11.0. The van der Waals surface area contributed by atoms with Gasteiger partial charge < -0.3 is 21.7 Å². The van der Waals surface area contributed by atoms with E-state index in [0.717, 1.165) is 31.6 Å². The topological polar surface area (TPSA) is 84.4 Å². The Morgan fingerprint density at radius 2 is 2.05 bits per heavy atom. The number of hydrogen-bond donors (Lipinski definition) is 3. The first-order valence-electron chi connectivity index (χ1n) is 7.05. The fourth-order valence-corrected chi connectivity index (χ4v) is 1.84. The van der Waals surface area contributed by atoms with Crippen LogP contribution < -0.4 is 16.8 Å². The first kappa shape index (κ1) is 16.3. The van der Waals surface area contributed by atoms with Gasteiger partial charge in [-0.05, 0) is 58.5 Å². The molecule has 0 bridgehead atoms. The third-order valence-corrected chi connectivity index (χ3v) is 3.47. The minimum Gasteiger partial charge on any atom is -0.397 e. The van der Waals surface area contributed by atoms with Crippen molar-refractivity contribution in [1.82, 2.24) is 4.90 Å². The van der Waals surface area contributed by atoms with E-state index in [0.29, 0.717) is 17.3 Å². The molecule has 0 radical (unpaired) electrons. The Hall–Kier alpha value is -1.75. The van der Waals surface area contributed by atoms with Crippen LogP contribution in [0.15, 0.2) is 18.2 Å². The molecule has 0 aliphatic carbocycles. The standard InChI is InChI=1S/C15H26N4O/c1-11(2)19(3)9-5-4-8-18-14-7-6-12(15(17)20)10-13(14)16/h6-7,10-11,18H,4-5,8-9,16H2,1-3H3,(H2,17,20). The third kappa shape index (κ3) is 5.09. The molecule has 0 aliphatic heterocycles. The highest BCUT2D eigenvalue weighted by atomic mass is 16.1. The molecule has 0 saturated carbocycles. The second-order valence-electron chi connectivity index (χ2n) is 5.37. The van der Waals surface area contributed by atoms with Crippen LogP contribution in [0.3, 0.4) is 0 Å². The average molecular weight is 278 g/mol. The van der Waals surface area contributed by atoms with Crippen molar-refractivity contribution >= 4 is 17.3 Å². The van der Waals surface area contributed by atoms with E-state index >= 15 is 0 Å². The van der Waals surface area contributed by atoms with Gasteiger partial charge in [-0.1, -0.05) is 0 Å². The second-order valence-corrected chi connectivity index (χ2v) is 5.37. The maximum Gasteiger partial charge on any atom is 0.248 e. The molecular weight excluding hydrogens is 252 g/mol. The summed E-state index contributed by atoms with van der Waals surface area (Å²) < 4.78 is 0. The SMILES string of the molecule is CC(C)N(C)CCCCNc1ccc(C(N)=O)cc1N. The zero-order valence-corrected chi connectivity index (χ0v) is 12.6. The minimum absolute atomic E-state index is 0.437. The predicted molar refractivity (Wildman–Crippen MR) is 84.9 cm³/mol. The van der Waals surface area contributed by atoms with Crippen LogP contribution in [0.1, 0.15) is 37.0 Å². The van der Waals surface area contributed by atoms with Gasteiger partial charge >= 0.3 is 0 Å². The number of nitrogens with two attached hydrogens (primary N) is 2. The highest BCUT2D eigenvalue weighted by Crippen LogP contribution is 2.19. The van der Waals surface area contributed by atoms with E-state index in [2.05, 4.69) is 31.1 Å². The van der Waals surface area contributed by atoms with Gasteiger partial charge in [0.15, 0.2) is 0 Å². The number of nitrogen functional groups attached to an aromatic ring is 1. The molecule has 0 spiro atoms. The maximum atomic E-state index is 11.0. The van der Waals surface area contributed by atoms with Crippen LogP contribution in [0.25, 0.3) is 0 Å². The normalized spacial score (nSPS) is 11.1. The van der Waals surface area contributed by atoms with Crippen molar-refractivity contribution < 1.29 is 4.79 Å². The number of anilines is 2.